The molecule has 2 aromatic carbocycles. The fourth-order valence-corrected chi connectivity index (χ4v) is 2.22. The molecule has 3 aromatic rings. The van der Waals surface area contributed by atoms with Crippen LogP contribution < -0.4 is 4.74 Å². The molecule has 0 fully saturated rings. The lowest BCUT2D eigenvalue weighted by Crippen LogP contribution is -1.95. The van der Waals surface area contributed by atoms with E-state index < -0.39 is 0 Å². The first kappa shape index (κ1) is 12.1. The lowest BCUT2D eigenvalue weighted by molar-refractivity contribution is 0.307. The first-order valence-corrected chi connectivity index (χ1v) is 6.25. The molecule has 2 nitrogen and oxygen atoms in total. The molecular weight excluding hydrogens is 265 g/mol. The van der Waals surface area contributed by atoms with E-state index in [2.05, 4.69) is 4.98 Å². The highest BCUT2D eigenvalue weighted by atomic mass is 35.5. The standard InChI is InChI=1S/C15H11ClFNO/c16-11-3-1-4-12(7-11)19-9-10-8-18-14-6-2-5-13(17)15(10)14/h1-8,18H,9H2. The summed E-state index contributed by atoms with van der Waals surface area (Å²) in [5.41, 5.74) is 1.55. The molecule has 0 amide bonds. The van der Waals surface area contributed by atoms with Crippen LogP contribution in [0.3, 0.4) is 0 Å². The number of H-pyrrole nitrogens is 1. The van der Waals surface area contributed by atoms with Gasteiger partial charge in [-0.3, -0.25) is 0 Å². The highest BCUT2D eigenvalue weighted by molar-refractivity contribution is 6.30. The Hall–Kier alpha value is -2.00. The number of rotatable bonds is 3. The maximum absolute atomic E-state index is 13.8. The second-order valence-corrected chi connectivity index (χ2v) is 4.66. The molecule has 3 rings (SSSR count). The fourth-order valence-electron chi connectivity index (χ4n) is 2.04. The first-order chi connectivity index (χ1) is 9.24. The number of hydrogen-bond acceptors (Lipinski definition) is 1. The Balaban J connectivity index is 1.86. The Kier molecular flexibility index (Phi) is 3.13. The van der Waals surface area contributed by atoms with Gasteiger partial charge in [-0.15, -0.1) is 0 Å². The van der Waals surface area contributed by atoms with E-state index in [9.17, 15) is 4.39 Å². The van der Waals surface area contributed by atoms with E-state index in [0.29, 0.717) is 22.8 Å². The molecule has 0 unspecified atom stereocenters. The summed E-state index contributed by atoms with van der Waals surface area (Å²) < 4.78 is 19.4. The van der Waals surface area contributed by atoms with Crippen LogP contribution in [0.2, 0.25) is 5.02 Å². The van der Waals surface area contributed by atoms with Crippen molar-refractivity contribution in [3.63, 3.8) is 0 Å². The van der Waals surface area contributed by atoms with Crippen LogP contribution in [0.4, 0.5) is 4.39 Å². The van der Waals surface area contributed by atoms with Gasteiger partial charge >= 0.3 is 0 Å². The van der Waals surface area contributed by atoms with Crippen LogP contribution in [0.5, 0.6) is 5.75 Å². The predicted molar refractivity (Wildman–Crippen MR) is 74.0 cm³/mol. The maximum Gasteiger partial charge on any atom is 0.132 e. The Morgan fingerprint density at radius 3 is 2.84 bits per heavy atom. The van der Waals surface area contributed by atoms with Gasteiger partial charge in [-0.25, -0.2) is 4.39 Å². The Bertz CT molecular complexity index is 723. The minimum absolute atomic E-state index is 0.247. The van der Waals surface area contributed by atoms with E-state index in [4.69, 9.17) is 16.3 Å². The van der Waals surface area contributed by atoms with Gasteiger partial charge in [-0.2, -0.15) is 0 Å². The topological polar surface area (TPSA) is 25.0 Å². The van der Waals surface area contributed by atoms with Crippen molar-refractivity contribution in [2.75, 3.05) is 0 Å². The van der Waals surface area contributed by atoms with E-state index in [1.54, 1.807) is 24.4 Å². The van der Waals surface area contributed by atoms with Gasteiger partial charge in [-0.05, 0) is 30.3 Å². The number of hydrogen-bond donors (Lipinski definition) is 1. The van der Waals surface area contributed by atoms with Crippen LogP contribution in [-0.4, -0.2) is 4.98 Å². The molecule has 0 aliphatic carbocycles. The summed E-state index contributed by atoms with van der Waals surface area (Å²) in [4.78, 5) is 3.03. The summed E-state index contributed by atoms with van der Waals surface area (Å²) in [5.74, 6) is 0.418. The van der Waals surface area contributed by atoms with Crippen molar-refractivity contribution in [2.45, 2.75) is 6.61 Å². The van der Waals surface area contributed by atoms with Gasteiger partial charge in [0.2, 0.25) is 0 Å². The SMILES string of the molecule is Fc1cccc2[nH]cc(COc3cccc(Cl)c3)c12. The van der Waals surface area contributed by atoms with Gasteiger partial charge in [0, 0.05) is 27.7 Å². The van der Waals surface area contributed by atoms with Gasteiger partial charge in [0.05, 0.1) is 0 Å². The van der Waals surface area contributed by atoms with Gasteiger partial charge in [0.25, 0.3) is 0 Å². The van der Waals surface area contributed by atoms with E-state index in [-0.39, 0.29) is 5.82 Å². The summed E-state index contributed by atoms with van der Waals surface area (Å²) in [6.07, 6.45) is 1.76. The minimum atomic E-state index is -0.247. The van der Waals surface area contributed by atoms with Crippen molar-refractivity contribution in [1.29, 1.82) is 0 Å². The zero-order valence-corrected chi connectivity index (χ0v) is 10.7. The summed E-state index contributed by atoms with van der Waals surface area (Å²) in [6.45, 7) is 0.293. The van der Waals surface area contributed by atoms with Crippen molar-refractivity contribution in [3.8, 4) is 5.75 Å². The van der Waals surface area contributed by atoms with Crippen molar-refractivity contribution in [1.82, 2.24) is 4.98 Å². The number of nitrogens with one attached hydrogen (secondary N) is 1. The van der Waals surface area contributed by atoms with Gasteiger partial charge in [0.15, 0.2) is 0 Å². The third-order valence-electron chi connectivity index (χ3n) is 2.93. The molecule has 0 aliphatic rings. The summed E-state index contributed by atoms with van der Waals surface area (Å²) in [5, 5.41) is 1.19. The third-order valence-corrected chi connectivity index (χ3v) is 3.16. The highest BCUT2D eigenvalue weighted by Gasteiger charge is 2.08. The van der Waals surface area contributed by atoms with Crippen LogP contribution in [-0.2, 0) is 6.61 Å². The number of aromatic amines is 1. The lowest BCUT2D eigenvalue weighted by atomic mass is 10.2. The lowest BCUT2D eigenvalue weighted by Gasteiger charge is -2.05. The second kappa shape index (κ2) is 4.94. The molecular formula is C15H11ClFNO. The van der Waals surface area contributed by atoms with Crippen LogP contribution in [0.15, 0.2) is 48.7 Å². The molecule has 0 saturated heterocycles. The average molecular weight is 276 g/mol. The number of benzene rings is 2. The fraction of sp³-hybridized carbons (Fsp3) is 0.0667. The largest absolute Gasteiger partial charge is 0.489 e. The highest BCUT2D eigenvalue weighted by Crippen LogP contribution is 2.24. The molecule has 1 N–H and O–H groups in total. The Labute approximate surface area is 114 Å². The molecule has 0 atom stereocenters. The average Bonchev–Trinajstić information content (AvgIpc) is 2.81. The number of aromatic nitrogens is 1. The van der Waals surface area contributed by atoms with Crippen molar-refractivity contribution in [3.05, 3.63) is 65.1 Å². The summed E-state index contributed by atoms with van der Waals surface area (Å²) in [6, 6.07) is 12.1. The molecule has 0 aliphatic heterocycles. The number of fused-ring (bicyclic) bond motifs is 1. The number of halogens is 2. The second-order valence-electron chi connectivity index (χ2n) is 4.22. The van der Waals surface area contributed by atoms with Crippen molar-refractivity contribution in [2.24, 2.45) is 0 Å². The van der Waals surface area contributed by atoms with Crippen LogP contribution >= 0.6 is 11.6 Å². The quantitative estimate of drug-likeness (QED) is 0.746. The minimum Gasteiger partial charge on any atom is -0.489 e. The molecule has 4 heteroatoms. The Morgan fingerprint density at radius 2 is 2.00 bits per heavy atom. The predicted octanol–water partition coefficient (Wildman–Crippen LogP) is 4.54. The molecule has 1 heterocycles. The van der Waals surface area contributed by atoms with E-state index in [1.165, 1.54) is 6.07 Å². The zero-order chi connectivity index (χ0) is 13.2. The molecule has 19 heavy (non-hydrogen) atoms. The molecule has 0 spiro atoms. The van der Waals surface area contributed by atoms with Gasteiger partial charge in [0.1, 0.15) is 18.2 Å². The normalized spacial score (nSPS) is 10.8. The molecule has 0 saturated carbocycles. The summed E-state index contributed by atoms with van der Waals surface area (Å²) >= 11 is 5.88. The molecule has 96 valence electrons. The third kappa shape index (κ3) is 2.42. The van der Waals surface area contributed by atoms with Crippen LogP contribution in [0.1, 0.15) is 5.56 Å². The monoisotopic (exact) mass is 275 g/mol. The molecule has 0 bridgehead atoms. The summed E-state index contributed by atoms with van der Waals surface area (Å²) in [7, 11) is 0. The maximum atomic E-state index is 13.8. The zero-order valence-electron chi connectivity index (χ0n) is 9.99. The molecule has 1 aromatic heterocycles. The van der Waals surface area contributed by atoms with Crippen molar-refractivity contribution < 1.29 is 9.13 Å². The van der Waals surface area contributed by atoms with Crippen LogP contribution in [0, 0.1) is 5.82 Å². The number of ether oxygens (including phenoxy) is 1. The van der Waals surface area contributed by atoms with Gasteiger partial charge < -0.3 is 9.72 Å². The smallest absolute Gasteiger partial charge is 0.132 e. The first-order valence-electron chi connectivity index (χ1n) is 5.87. The molecule has 0 radical (unpaired) electrons. The van der Waals surface area contributed by atoms with E-state index in [0.717, 1.165) is 11.1 Å². The van der Waals surface area contributed by atoms with Crippen LogP contribution in [0.25, 0.3) is 10.9 Å². The van der Waals surface area contributed by atoms with E-state index in [1.807, 2.05) is 18.2 Å². The van der Waals surface area contributed by atoms with E-state index >= 15 is 0 Å². The van der Waals surface area contributed by atoms with Gasteiger partial charge in [-0.1, -0.05) is 23.7 Å². The Morgan fingerprint density at radius 1 is 1.16 bits per heavy atom. The van der Waals surface area contributed by atoms with Crippen molar-refractivity contribution >= 4 is 22.5 Å².